The molecule has 18 nitrogen and oxygen atoms in total. The van der Waals surface area contributed by atoms with Crippen LogP contribution in [0.2, 0.25) is 0 Å². The maximum atomic E-state index is 13.6. The van der Waals surface area contributed by atoms with Crippen LogP contribution in [-0.2, 0) is 43.1 Å². The van der Waals surface area contributed by atoms with Crippen LogP contribution in [0, 0.1) is 28.6 Å². The minimum Gasteiger partial charge on any atom is -0.496 e. The van der Waals surface area contributed by atoms with E-state index in [0.717, 1.165) is 14.2 Å². The first-order chi connectivity index (χ1) is 22.2. The molecule has 2 saturated heterocycles. The monoisotopic (exact) mass is 701 g/mol. The Balaban J connectivity index is 1.44. The van der Waals surface area contributed by atoms with Crippen molar-refractivity contribution in [1.29, 1.82) is 0 Å². The summed E-state index contributed by atoms with van der Waals surface area (Å²) in [5.74, 6) is -10.5. The Kier molecular flexibility index (Phi) is 8.81. The van der Waals surface area contributed by atoms with E-state index in [4.69, 9.17) is 36.9 Å². The number of amides is 2. The molecule has 2 aromatic carbocycles. The van der Waals surface area contributed by atoms with E-state index >= 15 is 0 Å². The van der Waals surface area contributed by atoms with Crippen molar-refractivity contribution in [3.05, 3.63) is 29.2 Å². The first-order valence-electron chi connectivity index (χ1n) is 13.5. The third-order valence-electron chi connectivity index (χ3n) is 8.09. The zero-order valence-electron chi connectivity index (χ0n) is 25.6. The number of nitrogens with zero attached hydrogens (tertiary/aromatic N) is 2. The second-order valence-corrected chi connectivity index (χ2v) is 13.3. The van der Waals surface area contributed by atoms with Crippen molar-refractivity contribution in [2.75, 3.05) is 49.2 Å². The highest BCUT2D eigenvalue weighted by Crippen LogP contribution is 2.51. The van der Waals surface area contributed by atoms with Gasteiger partial charge in [-0.2, -0.15) is 21.0 Å². The topological polar surface area (TPSA) is 217 Å². The van der Waals surface area contributed by atoms with Crippen LogP contribution in [0.1, 0.15) is 0 Å². The van der Waals surface area contributed by atoms with E-state index in [1.54, 1.807) is 0 Å². The summed E-state index contributed by atoms with van der Waals surface area (Å²) in [6, 6.07) is 4.85. The first kappa shape index (κ1) is 33.8. The molecule has 0 bridgehead atoms. The minimum atomic E-state index is -5.03. The Bertz CT molecular complexity index is 1840. The van der Waals surface area contributed by atoms with Gasteiger partial charge in [0.2, 0.25) is 0 Å². The zero-order valence-corrected chi connectivity index (χ0v) is 27.3. The van der Waals surface area contributed by atoms with Gasteiger partial charge in [0.25, 0.3) is 11.8 Å². The van der Waals surface area contributed by atoms with Crippen molar-refractivity contribution >= 4 is 37.8 Å². The van der Waals surface area contributed by atoms with Gasteiger partial charge in [0, 0.05) is 33.9 Å². The number of methoxy groups -OCH3 is 6. The fourth-order valence-corrected chi connectivity index (χ4v) is 8.59. The van der Waals surface area contributed by atoms with Gasteiger partial charge in [0.15, 0.2) is 22.1 Å². The number of imide groups is 1. The highest BCUT2D eigenvalue weighted by molar-refractivity contribution is 7.87. The SMILES string of the molecule is COc1cc(OC)c(S(=O)(=O)OC2C3C(=O)C4C(=O)N(OS(=O)(=O)c5c(OC)cc(OC)cc5OC)C(=O)C4C3C[N+]2=O)c(OC)c1. The van der Waals surface area contributed by atoms with Crippen molar-refractivity contribution < 1.29 is 72.9 Å². The largest absolute Gasteiger partial charge is 0.496 e. The molecule has 3 fully saturated rings. The van der Waals surface area contributed by atoms with E-state index in [1.807, 2.05) is 0 Å². The van der Waals surface area contributed by atoms with Crippen LogP contribution in [0.4, 0.5) is 0 Å². The van der Waals surface area contributed by atoms with E-state index in [9.17, 15) is 36.1 Å². The molecular formula is C27H29N2O16S2+. The predicted octanol–water partition coefficient (Wildman–Crippen LogP) is 0.299. The summed E-state index contributed by atoms with van der Waals surface area (Å²) in [6.45, 7) is -0.603. The average molecular weight is 702 g/mol. The molecule has 2 heterocycles. The van der Waals surface area contributed by atoms with Gasteiger partial charge >= 0.3 is 26.5 Å². The van der Waals surface area contributed by atoms with Gasteiger partial charge in [-0.05, 0) is 0 Å². The molecule has 20 heteroatoms. The summed E-state index contributed by atoms with van der Waals surface area (Å²) >= 11 is 0. The van der Waals surface area contributed by atoms with Crippen LogP contribution in [0.5, 0.6) is 34.5 Å². The Morgan fingerprint density at radius 3 is 1.53 bits per heavy atom. The zero-order chi connectivity index (χ0) is 34.6. The lowest BCUT2D eigenvalue weighted by Gasteiger charge is -2.19. The number of fused-ring (bicyclic) bond motifs is 3. The molecule has 3 aliphatic rings. The maximum absolute atomic E-state index is 13.6. The Hall–Kier alpha value is -4.53. The lowest BCUT2D eigenvalue weighted by Crippen LogP contribution is -2.40. The van der Waals surface area contributed by atoms with E-state index in [2.05, 4.69) is 0 Å². The predicted molar refractivity (Wildman–Crippen MR) is 152 cm³/mol. The lowest BCUT2D eigenvalue weighted by molar-refractivity contribution is -0.603. The third kappa shape index (κ3) is 5.39. The fraction of sp³-hybridized carbons (Fsp3) is 0.444. The second kappa shape index (κ2) is 12.2. The summed E-state index contributed by atoms with van der Waals surface area (Å²) < 4.78 is 95.0. The van der Waals surface area contributed by atoms with Crippen LogP contribution in [0.3, 0.4) is 0 Å². The van der Waals surface area contributed by atoms with Gasteiger partial charge in [-0.3, -0.25) is 14.4 Å². The Morgan fingerprint density at radius 1 is 0.660 bits per heavy atom. The Labute approximate surface area is 268 Å². The van der Waals surface area contributed by atoms with E-state index in [1.165, 1.54) is 52.7 Å². The van der Waals surface area contributed by atoms with Crippen LogP contribution >= 0.6 is 0 Å². The average Bonchev–Trinajstić information content (AvgIpc) is 3.61. The summed E-state index contributed by atoms with van der Waals surface area (Å²) in [4.78, 5) is 52.3. The van der Waals surface area contributed by atoms with Crippen LogP contribution < -0.4 is 28.4 Å². The molecule has 47 heavy (non-hydrogen) atoms. The summed E-state index contributed by atoms with van der Waals surface area (Å²) in [7, 11) is -2.64. The number of Topliss-reactive ketones (excluding diaryl/α,β-unsaturated/α-hetero) is 1. The number of carbonyl (C=O) groups excluding carboxylic acids is 3. The lowest BCUT2D eigenvalue weighted by atomic mass is 9.90. The smallest absolute Gasteiger partial charge is 0.329 e. The minimum absolute atomic E-state index is 0.0605. The van der Waals surface area contributed by atoms with Gasteiger partial charge in [-0.1, -0.05) is 0 Å². The molecule has 2 aliphatic heterocycles. The molecular weight excluding hydrogens is 672 g/mol. The highest BCUT2D eigenvalue weighted by atomic mass is 32.2. The quantitative estimate of drug-likeness (QED) is 0.126. The molecule has 1 saturated carbocycles. The molecule has 0 aromatic heterocycles. The number of ether oxygens (including phenoxy) is 6. The van der Waals surface area contributed by atoms with Crippen molar-refractivity contribution in [2.45, 2.75) is 16.0 Å². The van der Waals surface area contributed by atoms with Crippen molar-refractivity contribution in [1.82, 2.24) is 5.06 Å². The molecule has 5 unspecified atom stereocenters. The second-order valence-electron chi connectivity index (χ2n) is 10.4. The maximum Gasteiger partial charge on any atom is 0.329 e. The molecule has 0 spiro atoms. The van der Waals surface area contributed by atoms with Crippen molar-refractivity contribution in [2.24, 2.45) is 23.7 Å². The van der Waals surface area contributed by atoms with Crippen LogP contribution in [0.15, 0.2) is 34.1 Å². The van der Waals surface area contributed by atoms with E-state index in [-0.39, 0.29) is 44.3 Å². The van der Waals surface area contributed by atoms with Crippen molar-refractivity contribution in [3.63, 3.8) is 0 Å². The number of rotatable bonds is 12. The number of benzene rings is 2. The first-order valence-corrected chi connectivity index (χ1v) is 16.3. The number of nitroso groups, excluding NO2 is 1. The molecule has 1 aliphatic carbocycles. The number of ketones is 1. The van der Waals surface area contributed by atoms with Gasteiger partial charge < -0.3 is 28.4 Å². The van der Waals surface area contributed by atoms with Gasteiger partial charge in [0.05, 0.1) is 54.5 Å². The molecule has 0 N–H and O–H groups in total. The summed E-state index contributed by atoms with van der Waals surface area (Å²) in [5.41, 5.74) is 0. The molecule has 5 rings (SSSR count). The number of hydroxylamine groups is 2. The number of hydrogen-bond acceptors (Lipinski definition) is 16. The standard InChI is InChI=1S/C27H29N2O16S2/c1-38-12-7-15(40-3)23(16(8-12)41-4)46(34,35)44-27-20-14(11-28(27)33)19-21(22(20)30)26(32)29(25(19)31)45-47(36,37)24-17(42-5)9-13(39-2)10-18(24)43-6/h7-10,14,19-21,27H,11H2,1-6H3/q+1. The molecule has 2 aromatic rings. The summed E-state index contributed by atoms with van der Waals surface area (Å²) in [5, 5.41) is -0.0605. The normalized spacial score (nSPS) is 23.9. The van der Waals surface area contributed by atoms with E-state index in [0.29, 0.717) is 0 Å². The van der Waals surface area contributed by atoms with E-state index < -0.39 is 84.1 Å². The number of carbonyl (C=O) groups is 3. The van der Waals surface area contributed by atoms with Gasteiger partial charge in [0.1, 0.15) is 46.3 Å². The van der Waals surface area contributed by atoms with Crippen LogP contribution in [0.25, 0.3) is 0 Å². The summed E-state index contributed by atoms with van der Waals surface area (Å²) in [6.07, 6.45) is -1.98. The molecule has 0 radical (unpaired) electrons. The van der Waals surface area contributed by atoms with Gasteiger partial charge in [-0.25, -0.2) is 0 Å². The molecule has 5 atom stereocenters. The Morgan fingerprint density at radius 2 is 1.11 bits per heavy atom. The molecule has 254 valence electrons. The third-order valence-corrected chi connectivity index (χ3v) is 10.7. The number of hydrogen-bond donors (Lipinski definition) is 0. The fourth-order valence-electron chi connectivity index (χ4n) is 6.04. The molecule has 2 amide bonds. The highest BCUT2D eigenvalue weighted by Gasteiger charge is 2.73. The van der Waals surface area contributed by atoms with Crippen molar-refractivity contribution in [3.8, 4) is 34.5 Å². The van der Waals surface area contributed by atoms with Gasteiger partial charge in [-0.15, -0.1) is 9.35 Å². The van der Waals surface area contributed by atoms with Crippen LogP contribution in [-0.4, -0.2) is 99.7 Å².